The molecule has 0 bridgehead atoms. The molecule has 0 aromatic heterocycles. The first kappa shape index (κ1) is 17.5. The van der Waals surface area contributed by atoms with Crippen LogP contribution in [0.4, 0.5) is 5.69 Å². The quantitative estimate of drug-likeness (QED) is 0.588. The second kappa shape index (κ2) is 6.50. The molecule has 0 aliphatic heterocycles. The summed E-state index contributed by atoms with van der Waals surface area (Å²) >= 11 is 0. The molecule has 0 fully saturated rings. The van der Waals surface area contributed by atoms with E-state index in [2.05, 4.69) is 4.72 Å². The molecule has 1 atom stereocenters. The normalized spacial score (nSPS) is 14.7. The van der Waals surface area contributed by atoms with Crippen LogP contribution < -0.4 is 4.72 Å². The van der Waals surface area contributed by atoms with Gasteiger partial charge in [-0.05, 0) is 38.3 Å². The molecule has 0 aliphatic carbocycles. The van der Waals surface area contributed by atoms with E-state index < -0.39 is 20.5 Å². The fraction of sp³-hybridized carbons (Fsp3) is 0.538. The maximum atomic E-state index is 12.4. The number of hydrogen-bond acceptors (Lipinski definition) is 5. The predicted octanol–water partition coefficient (Wildman–Crippen LogP) is 1.73. The van der Waals surface area contributed by atoms with Crippen molar-refractivity contribution in [3.8, 4) is 0 Å². The summed E-state index contributed by atoms with van der Waals surface area (Å²) in [7, 11) is -3.81. The Hall–Kier alpha value is -1.51. The van der Waals surface area contributed by atoms with Crippen LogP contribution in [-0.2, 0) is 10.0 Å². The zero-order valence-corrected chi connectivity index (χ0v) is 13.1. The van der Waals surface area contributed by atoms with Gasteiger partial charge in [0.1, 0.15) is 0 Å². The van der Waals surface area contributed by atoms with Crippen LogP contribution in [0.15, 0.2) is 23.1 Å². The highest BCUT2D eigenvalue weighted by Gasteiger charge is 2.29. The first-order valence-electron chi connectivity index (χ1n) is 6.55. The SMILES string of the molecule is CCC(C)(CCO)NS(=O)(=O)c1ccc([N+](=O)[O-])cc1C. The summed E-state index contributed by atoms with van der Waals surface area (Å²) in [6.45, 7) is 4.91. The van der Waals surface area contributed by atoms with Gasteiger partial charge >= 0.3 is 0 Å². The van der Waals surface area contributed by atoms with E-state index in [0.717, 1.165) is 6.07 Å². The van der Waals surface area contributed by atoms with Crippen molar-refractivity contribution in [1.29, 1.82) is 0 Å². The topological polar surface area (TPSA) is 110 Å². The molecule has 0 radical (unpaired) electrons. The van der Waals surface area contributed by atoms with Crippen molar-refractivity contribution in [2.24, 2.45) is 0 Å². The summed E-state index contributed by atoms with van der Waals surface area (Å²) in [6.07, 6.45) is 0.799. The van der Waals surface area contributed by atoms with Crippen molar-refractivity contribution in [1.82, 2.24) is 4.72 Å². The molecular weight excluding hydrogens is 296 g/mol. The van der Waals surface area contributed by atoms with E-state index in [1.54, 1.807) is 6.92 Å². The van der Waals surface area contributed by atoms with Gasteiger partial charge in [0, 0.05) is 24.3 Å². The Kier molecular flexibility index (Phi) is 5.43. The molecule has 8 heteroatoms. The number of aliphatic hydroxyl groups is 1. The Morgan fingerprint density at radius 2 is 2.05 bits per heavy atom. The van der Waals surface area contributed by atoms with E-state index in [9.17, 15) is 18.5 Å². The molecule has 0 spiro atoms. The van der Waals surface area contributed by atoms with Crippen LogP contribution in [0.3, 0.4) is 0 Å². The van der Waals surface area contributed by atoms with Gasteiger partial charge in [-0.1, -0.05) is 6.92 Å². The van der Waals surface area contributed by atoms with Gasteiger partial charge in [-0.25, -0.2) is 13.1 Å². The average Bonchev–Trinajstić information content (AvgIpc) is 2.37. The van der Waals surface area contributed by atoms with Gasteiger partial charge in [0.15, 0.2) is 0 Å². The third-order valence-electron chi connectivity index (χ3n) is 3.48. The lowest BCUT2D eigenvalue weighted by atomic mass is 9.97. The number of benzene rings is 1. The number of aryl methyl sites for hydroxylation is 1. The van der Waals surface area contributed by atoms with E-state index in [1.807, 2.05) is 6.92 Å². The fourth-order valence-corrected chi connectivity index (χ4v) is 3.71. The molecule has 0 saturated carbocycles. The zero-order valence-electron chi connectivity index (χ0n) is 12.3. The minimum Gasteiger partial charge on any atom is -0.396 e. The number of rotatable bonds is 7. The second-order valence-corrected chi connectivity index (χ2v) is 6.85. The first-order valence-corrected chi connectivity index (χ1v) is 8.03. The van der Waals surface area contributed by atoms with Gasteiger partial charge in [0.25, 0.3) is 5.69 Å². The summed E-state index contributed by atoms with van der Waals surface area (Å²) in [4.78, 5) is 10.1. The average molecular weight is 316 g/mol. The maximum absolute atomic E-state index is 12.4. The molecule has 0 amide bonds. The van der Waals surface area contributed by atoms with Crippen LogP contribution >= 0.6 is 0 Å². The lowest BCUT2D eigenvalue weighted by molar-refractivity contribution is -0.385. The van der Waals surface area contributed by atoms with Gasteiger partial charge in [-0.2, -0.15) is 0 Å². The van der Waals surface area contributed by atoms with E-state index in [0.29, 0.717) is 12.0 Å². The molecule has 7 nitrogen and oxygen atoms in total. The summed E-state index contributed by atoms with van der Waals surface area (Å²) < 4.78 is 27.4. The van der Waals surface area contributed by atoms with Gasteiger partial charge in [0.2, 0.25) is 10.0 Å². The number of hydrogen-bond donors (Lipinski definition) is 2. The molecule has 1 rings (SSSR count). The van der Waals surface area contributed by atoms with Crippen LogP contribution in [0.25, 0.3) is 0 Å². The largest absolute Gasteiger partial charge is 0.396 e. The van der Waals surface area contributed by atoms with E-state index in [-0.39, 0.29) is 23.6 Å². The van der Waals surface area contributed by atoms with Gasteiger partial charge < -0.3 is 5.11 Å². The molecule has 2 N–H and O–H groups in total. The number of nitro groups is 1. The lowest BCUT2D eigenvalue weighted by Crippen LogP contribution is -2.46. The van der Waals surface area contributed by atoms with Crippen molar-refractivity contribution in [3.63, 3.8) is 0 Å². The Morgan fingerprint density at radius 3 is 2.48 bits per heavy atom. The highest BCUT2D eigenvalue weighted by molar-refractivity contribution is 7.89. The van der Waals surface area contributed by atoms with Crippen LogP contribution in [0, 0.1) is 17.0 Å². The lowest BCUT2D eigenvalue weighted by Gasteiger charge is -2.28. The smallest absolute Gasteiger partial charge is 0.269 e. The summed E-state index contributed by atoms with van der Waals surface area (Å²) in [6, 6.07) is 3.62. The fourth-order valence-electron chi connectivity index (χ4n) is 1.97. The third-order valence-corrected chi connectivity index (χ3v) is 5.28. The number of aliphatic hydroxyl groups excluding tert-OH is 1. The highest BCUT2D eigenvalue weighted by Crippen LogP contribution is 2.24. The Morgan fingerprint density at radius 1 is 1.43 bits per heavy atom. The van der Waals surface area contributed by atoms with Crippen molar-refractivity contribution in [2.45, 2.75) is 44.0 Å². The number of nitrogens with zero attached hydrogens (tertiary/aromatic N) is 1. The Balaban J connectivity index is 3.17. The van der Waals surface area contributed by atoms with Crippen LogP contribution in [0.1, 0.15) is 32.3 Å². The van der Waals surface area contributed by atoms with Crippen LogP contribution in [-0.4, -0.2) is 30.6 Å². The van der Waals surface area contributed by atoms with Crippen LogP contribution in [0.2, 0.25) is 0 Å². The van der Waals surface area contributed by atoms with Crippen molar-refractivity contribution >= 4 is 15.7 Å². The Labute approximate surface area is 124 Å². The number of nitro benzene ring substituents is 1. The highest BCUT2D eigenvalue weighted by atomic mass is 32.2. The minimum absolute atomic E-state index is 0.00529. The summed E-state index contributed by atoms with van der Waals surface area (Å²) in [5.74, 6) is 0. The number of nitrogens with one attached hydrogen (secondary N) is 1. The van der Waals surface area contributed by atoms with E-state index in [4.69, 9.17) is 5.11 Å². The molecule has 1 aromatic rings. The maximum Gasteiger partial charge on any atom is 0.269 e. The molecule has 0 heterocycles. The molecule has 118 valence electrons. The number of sulfonamides is 1. The van der Waals surface area contributed by atoms with Crippen LogP contribution in [0.5, 0.6) is 0 Å². The molecule has 1 aromatic carbocycles. The van der Waals surface area contributed by atoms with Gasteiger partial charge in [-0.15, -0.1) is 0 Å². The molecule has 0 saturated heterocycles. The predicted molar refractivity (Wildman–Crippen MR) is 78.6 cm³/mol. The monoisotopic (exact) mass is 316 g/mol. The standard InChI is InChI=1S/C13H20N2O5S/c1-4-13(3,7-8-16)14-21(19,20)12-6-5-11(15(17)18)9-10(12)2/h5-6,9,14,16H,4,7-8H2,1-3H3. The van der Waals surface area contributed by atoms with Crippen molar-refractivity contribution in [3.05, 3.63) is 33.9 Å². The third kappa shape index (κ3) is 4.23. The van der Waals surface area contributed by atoms with E-state index >= 15 is 0 Å². The van der Waals surface area contributed by atoms with Gasteiger partial charge in [-0.3, -0.25) is 10.1 Å². The van der Waals surface area contributed by atoms with Crippen molar-refractivity contribution < 1.29 is 18.4 Å². The van der Waals surface area contributed by atoms with Gasteiger partial charge in [0.05, 0.1) is 9.82 Å². The minimum atomic E-state index is -3.81. The summed E-state index contributed by atoms with van der Waals surface area (Å²) in [5.41, 5.74) is -0.610. The molecular formula is C13H20N2O5S. The molecule has 21 heavy (non-hydrogen) atoms. The molecule has 0 aliphatic rings. The summed E-state index contributed by atoms with van der Waals surface area (Å²) in [5, 5.41) is 19.7. The van der Waals surface area contributed by atoms with E-state index in [1.165, 1.54) is 19.1 Å². The second-order valence-electron chi connectivity index (χ2n) is 5.20. The Bertz CT molecular complexity index is 629. The first-order chi connectivity index (χ1) is 9.65. The van der Waals surface area contributed by atoms with Crippen molar-refractivity contribution in [2.75, 3.05) is 6.61 Å². The number of non-ortho nitro benzene ring substituents is 1. The zero-order chi connectivity index (χ0) is 16.3. The molecule has 1 unspecified atom stereocenters.